The first-order valence-corrected chi connectivity index (χ1v) is 7.47. The summed E-state index contributed by atoms with van der Waals surface area (Å²) in [4.78, 5) is 3.01. The van der Waals surface area contributed by atoms with Crippen molar-refractivity contribution in [1.82, 2.24) is 4.98 Å². The van der Waals surface area contributed by atoms with Crippen LogP contribution >= 0.6 is 24.4 Å². The summed E-state index contributed by atoms with van der Waals surface area (Å²) < 4.78 is 71.1. The predicted molar refractivity (Wildman–Crippen MR) is 85.8 cm³/mol. The van der Waals surface area contributed by atoms with Gasteiger partial charge in [0.05, 0.1) is 18.2 Å². The molecule has 0 atom stereocenters. The van der Waals surface area contributed by atoms with Crippen LogP contribution in [0.15, 0.2) is 0 Å². The van der Waals surface area contributed by atoms with Crippen molar-refractivity contribution in [2.24, 2.45) is 5.92 Å². The Bertz CT molecular complexity index is 660. The van der Waals surface area contributed by atoms with Gasteiger partial charge >= 0.3 is 6.18 Å². The average molecular weight is 387 g/mol. The molecule has 0 unspecified atom stereocenters. The summed E-state index contributed by atoms with van der Waals surface area (Å²) in [5.41, 5.74) is -4.31. The molecule has 24 heavy (non-hydrogen) atoms. The van der Waals surface area contributed by atoms with E-state index in [9.17, 15) is 27.1 Å². The molecule has 0 saturated heterocycles. The molecule has 0 saturated carbocycles. The molecule has 10 heteroatoms. The molecule has 0 aliphatic carbocycles. The molecule has 0 bridgehead atoms. The lowest BCUT2D eigenvalue weighted by molar-refractivity contribution is -0.141. The number of aliphatic hydroxyl groups is 1. The SMILES string of the molecule is COC(=S)c1c(C(F)F)nc(C(F)(F)F)c(C(O)=S)c1CC(C)C. The minimum atomic E-state index is -5.08. The lowest BCUT2D eigenvalue weighted by atomic mass is 9.91. The lowest BCUT2D eigenvalue weighted by Gasteiger charge is -2.22. The highest BCUT2D eigenvalue weighted by Gasteiger charge is 2.41. The number of hydrogen-bond donors (Lipinski definition) is 1. The van der Waals surface area contributed by atoms with Crippen molar-refractivity contribution in [3.63, 3.8) is 0 Å². The second-order valence-corrected chi connectivity index (χ2v) is 6.02. The van der Waals surface area contributed by atoms with E-state index in [1.807, 2.05) is 0 Å². The van der Waals surface area contributed by atoms with Gasteiger partial charge in [-0.3, -0.25) is 0 Å². The van der Waals surface area contributed by atoms with Crippen molar-refractivity contribution in [1.29, 1.82) is 0 Å². The van der Waals surface area contributed by atoms with Crippen molar-refractivity contribution in [2.75, 3.05) is 7.11 Å². The highest BCUT2D eigenvalue weighted by Crippen LogP contribution is 2.38. The van der Waals surface area contributed by atoms with Gasteiger partial charge in [-0.15, -0.1) is 0 Å². The number of halogens is 5. The minimum absolute atomic E-state index is 0.0831. The summed E-state index contributed by atoms with van der Waals surface area (Å²) in [5.74, 6) is -0.231. The van der Waals surface area contributed by atoms with Gasteiger partial charge in [0.2, 0.25) is 0 Å². The maximum Gasteiger partial charge on any atom is 0.434 e. The van der Waals surface area contributed by atoms with Gasteiger partial charge in [-0.1, -0.05) is 13.8 Å². The monoisotopic (exact) mass is 387 g/mol. The lowest BCUT2D eigenvalue weighted by Crippen LogP contribution is -2.24. The second-order valence-electron chi connectivity index (χ2n) is 5.27. The first-order valence-electron chi connectivity index (χ1n) is 6.65. The second kappa shape index (κ2) is 7.64. The Balaban J connectivity index is 4.02. The van der Waals surface area contributed by atoms with Crippen LogP contribution in [0.25, 0.3) is 0 Å². The number of nitrogens with zero attached hydrogens (tertiary/aromatic N) is 1. The van der Waals surface area contributed by atoms with E-state index in [2.05, 4.69) is 17.2 Å². The van der Waals surface area contributed by atoms with E-state index >= 15 is 0 Å². The van der Waals surface area contributed by atoms with Crippen molar-refractivity contribution < 1.29 is 31.8 Å². The van der Waals surface area contributed by atoms with Gasteiger partial charge in [0.15, 0.2) is 15.8 Å². The highest BCUT2D eigenvalue weighted by molar-refractivity contribution is 7.80. The number of thiocarbonyl (C=S) groups is 2. The Labute approximate surface area is 145 Å². The quantitative estimate of drug-likeness (QED) is 0.581. The van der Waals surface area contributed by atoms with Crippen molar-refractivity contribution in [3.05, 3.63) is 28.1 Å². The first kappa shape index (κ1) is 20.6. The molecule has 3 nitrogen and oxygen atoms in total. The smallest absolute Gasteiger partial charge is 0.434 e. The third-order valence-corrected chi connectivity index (χ3v) is 3.59. The van der Waals surface area contributed by atoms with Crippen LogP contribution < -0.4 is 0 Å². The van der Waals surface area contributed by atoms with E-state index in [-0.39, 0.29) is 17.9 Å². The fourth-order valence-electron chi connectivity index (χ4n) is 2.19. The molecule has 1 rings (SSSR count). The number of ether oxygens (including phenoxy) is 1. The summed E-state index contributed by atoms with van der Waals surface area (Å²) in [5, 5.41) is 8.05. The summed E-state index contributed by atoms with van der Waals surface area (Å²) in [6, 6.07) is 0. The van der Waals surface area contributed by atoms with E-state index in [0.29, 0.717) is 0 Å². The standard InChI is InChI=1S/C14H14F5NO2S2/c1-5(2)4-6-7(13(24)22-3)9(11(15)16)20-10(14(17,18)19)8(6)12(21)23/h5,11H,4H2,1-3H3,(H,21,23). The number of hydrogen-bond acceptors (Lipinski definition) is 4. The summed E-state index contributed by atoms with van der Waals surface area (Å²) in [6.45, 7) is 3.33. The molecule has 0 aliphatic rings. The maximum atomic E-state index is 13.3. The van der Waals surface area contributed by atoms with Crippen LogP contribution in [-0.2, 0) is 17.3 Å². The molecule has 1 aromatic heterocycles. The first-order chi connectivity index (χ1) is 10.9. The van der Waals surface area contributed by atoms with Gasteiger partial charge in [0, 0.05) is 0 Å². The molecule has 0 spiro atoms. The van der Waals surface area contributed by atoms with Crippen LogP contribution in [0, 0.1) is 5.92 Å². The van der Waals surface area contributed by atoms with Crippen LogP contribution in [0.4, 0.5) is 22.0 Å². The van der Waals surface area contributed by atoms with Crippen LogP contribution in [0.3, 0.4) is 0 Å². The Morgan fingerprint density at radius 2 is 1.75 bits per heavy atom. The van der Waals surface area contributed by atoms with E-state index in [4.69, 9.17) is 17.0 Å². The van der Waals surface area contributed by atoms with Gasteiger partial charge in [-0.05, 0) is 42.3 Å². The largest absolute Gasteiger partial charge is 0.498 e. The predicted octanol–water partition coefficient (Wildman–Crippen LogP) is 4.79. The zero-order valence-electron chi connectivity index (χ0n) is 12.9. The highest BCUT2D eigenvalue weighted by atomic mass is 32.1. The third-order valence-electron chi connectivity index (χ3n) is 3.02. The van der Waals surface area contributed by atoms with E-state index in [1.165, 1.54) is 0 Å². The van der Waals surface area contributed by atoms with Crippen molar-refractivity contribution in [2.45, 2.75) is 32.9 Å². The van der Waals surface area contributed by atoms with Crippen molar-refractivity contribution >= 4 is 34.5 Å². The van der Waals surface area contributed by atoms with Crippen LogP contribution in [0.5, 0.6) is 0 Å². The number of aliphatic hydroxyl groups excluding tert-OH is 1. The van der Waals surface area contributed by atoms with Gasteiger partial charge in [-0.2, -0.15) is 13.2 Å². The molecule has 0 aromatic carbocycles. The average Bonchev–Trinajstić information content (AvgIpc) is 2.43. The van der Waals surface area contributed by atoms with Gasteiger partial charge in [-0.25, -0.2) is 13.8 Å². The summed E-state index contributed by atoms with van der Waals surface area (Å²) in [7, 11) is 1.10. The van der Waals surface area contributed by atoms with Crippen molar-refractivity contribution in [3.8, 4) is 0 Å². The Morgan fingerprint density at radius 1 is 1.21 bits per heavy atom. The normalized spacial score (nSPS) is 11.9. The molecular formula is C14H14F5NO2S2. The number of pyridine rings is 1. The summed E-state index contributed by atoms with van der Waals surface area (Å²) >= 11 is 9.34. The molecule has 134 valence electrons. The molecule has 0 aliphatic heterocycles. The Morgan fingerprint density at radius 3 is 2.08 bits per heavy atom. The van der Waals surface area contributed by atoms with E-state index in [0.717, 1.165) is 7.11 Å². The van der Waals surface area contributed by atoms with Crippen LogP contribution in [-0.4, -0.2) is 27.3 Å². The number of methoxy groups -OCH3 is 1. The van der Waals surface area contributed by atoms with Gasteiger partial charge in [0.25, 0.3) is 6.43 Å². The molecular weight excluding hydrogens is 373 g/mol. The topological polar surface area (TPSA) is 42.4 Å². The number of alkyl halides is 5. The molecule has 1 heterocycles. The zero-order valence-corrected chi connectivity index (χ0v) is 14.5. The molecule has 0 radical (unpaired) electrons. The van der Waals surface area contributed by atoms with Gasteiger partial charge < -0.3 is 9.84 Å². The Kier molecular flexibility index (Phi) is 6.57. The Hall–Kier alpha value is -1.42. The fraction of sp³-hybridized carbons (Fsp3) is 0.500. The van der Waals surface area contributed by atoms with Crippen LogP contribution in [0.1, 0.15) is 48.4 Å². The minimum Gasteiger partial charge on any atom is -0.498 e. The van der Waals surface area contributed by atoms with E-state index < -0.39 is 45.2 Å². The third kappa shape index (κ3) is 4.35. The summed E-state index contributed by atoms with van der Waals surface area (Å²) in [6.07, 6.45) is -8.48. The molecule has 1 aromatic rings. The number of rotatable bonds is 5. The van der Waals surface area contributed by atoms with Gasteiger partial charge in [0.1, 0.15) is 5.69 Å². The maximum absolute atomic E-state index is 13.3. The zero-order chi connectivity index (χ0) is 18.8. The van der Waals surface area contributed by atoms with Crippen LogP contribution in [0.2, 0.25) is 0 Å². The molecule has 0 fully saturated rings. The molecule has 0 amide bonds. The van der Waals surface area contributed by atoms with E-state index in [1.54, 1.807) is 13.8 Å². The number of aromatic nitrogens is 1. The molecule has 1 N–H and O–H groups in total. The fourth-order valence-corrected chi connectivity index (χ4v) is 2.64.